The van der Waals surface area contributed by atoms with E-state index in [9.17, 15) is 8.42 Å². The van der Waals surface area contributed by atoms with Crippen LogP contribution in [0.4, 0.5) is 5.82 Å². The van der Waals surface area contributed by atoms with Crippen molar-refractivity contribution in [2.75, 3.05) is 31.3 Å². The standard InChI is InChI=1S/C12H18BrN3O2S/c1-15(19(2,17)18)11-4-3-7-16(9-11)12-6-5-10(13)8-14-12/h5-6,8,11H,3-4,7,9H2,1-2H3. The molecule has 0 radical (unpaired) electrons. The summed E-state index contributed by atoms with van der Waals surface area (Å²) in [5, 5.41) is 0. The fourth-order valence-electron chi connectivity index (χ4n) is 2.29. The van der Waals surface area contributed by atoms with Gasteiger partial charge in [0.05, 0.1) is 6.26 Å². The first-order chi connectivity index (χ1) is 8.88. The molecule has 1 aliphatic heterocycles. The van der Waals surface area contributed by atoms with Gasteiger partial charge in [-0.15, -0.1) is 0 Å². The third-order valence-corrected chi connectivity index (χ3v) is 5.28. The number of hydrogen-bond donors (Lipinski definition) is 0. The second-order valence-corrected chi connectivity index (χ2v) is 7.81. The average Bonchev–Trinajstić information content (AvgIpc) is 2.38. The van der Waals surface area contributed by atoms with Crippen molar-refractivity contribution in [1.82, 2.24) is 9.29 Å². The van der Waals surface area contributed by atoms with Crippen LogP contribution in [0.2, 0.25) is 0 Å². The number of halogens is 1. The minimum atomic E-state index is -3.14. The van der Waals surface area contributed by atoms with Gasteiger partial charge in [-0.3, -0.25) is 0 Å². The first-order valence-electron chi connectivity index (χ1n) is 6.17. The number of likely N-dealkylation sites (N-methyl/N-ethyl adjacent to an activating group) is 1. The van der Waals surface area contributed by atoms with Crippen LogP contribution in [-0.4, -0.2) is 50.1 Å². The number of pyridine rings is 1. The Morgan fingerprint density at radius 2 is 2.21 bits per heavy atom. The van der Waals surface area contributed by atoms with Crippen LogP contribution in [0.15, 0.2) is 22.8 Å². The zero-order valence-electron chi connectivity index (χ0n) is 11.1. The Morgan fingerprint density at radius 3 is 2.79 bits per heavy atom. The van der Waals surface area contributed by atoms with E-state index >= 15 is 0 Å². The third-order valence-electron chi connectivity index (χ3n) is 3.47. The summed E-state index contributed by atoms with van der Waals surface area (Å²) in [5.74, 6) is 0.898. The van der Waals surface area contributed by atoms with Gasteiger partial charge in [-0.25, -0.2) is 17.7 Å². The molecule has 0 aliphatic carbocycles. The summed E-state index contributed by atoms with van der Waals surface area (Å²) < 4.78 is 25.6. The van der Waals surface area contributed by atoms with E-state index in [0.717, 1.165) is 29.7 Å². The van der Waals surface area contributed by atoms with Crippen molar-refractivity contribution in [2.24, 2.45) is 0 Å². The Hall–Kier alpha value is -0.660. The molecule has 1 aromatic heterocycles. The minimum Gasteiger partial charge on any atom is -0.355 e. The van der Waals surface area contributed by atoms with Gasteiger partial charge in [-0.05, 0) is 40.9 Å². The molecular weight excluding hydrogens is 330 g/mol. The molecule has 1 atom stereocenters. The normalized spacial score (nSPS) is 20.8. The fourth-order valence-corrected chi connectivity index (χ4v) is 3.23. The second kappa shape index (κ2) is 5.76. The van der Waals surface area contributed by atoms with Crippen LogP contribution in [0, 0.1) is 0 Å². The zero-order chi connectivity index (χ0) is 14.0. The van der Waals surface area contributed by atoms with Crippen LogP contribution in [0.25, 0.3) is 0 Å². The van der Waals surface area contributed by atoms with Gasteiger partial charge in [0.15, 0.2) is 0 Å². The summed E-state index contributed by atoms with van der Waals surface area (Å²) in [7, 11) is -1.48. The Bertz CT molecular complexity index is 532. The van der Waals surface area contributed by atoms with Crippen molar-refractivity contribution in [3.8, 4) is 0 Å². The molecule has 0 bridgehead atoms. The first kappa shape index (κ1) is 14.7. The SMILES string of the molecule is CN(C1CCCN(c2ccc(Br)cn2)C1)S(C)(=O)=O. The van der Waals surface area contributed by atoms with Gasteiger partial charge in [0.25, 0.3) is 0 Å². The van der Waals surface area contributed by atoms with Gasteiger partial charge in [-0.1, -0.05) is 0 Å². The topological polar surface area (TPSA) is 53.5 Å². The lowest BCUT2D eigenvalue weighted by Crippen LogP contribution is -2.48. The highest BCUT2D eigenvalue weighted by molar-refractivity contribution is 9.10. The van der Waals surface area contributed by atoms with Crippen LogP contribution < -0.4 is 4.90 Å². The predicted octanol–water partition coefficient (Wildman–Crippen LogP) is 1.70. The van der Waals surface area contributed by atoms with Crippen molar-refractivity contribution in [3.63, 3.8) is 0 Å². The minimum absolute atomic E-state index is 0.0224. The first-order valence-corrected chi connectivity index (χ1v) is 8.81. The number of rotatable bonds is 3. The van der Waals surface area contributed by atoms with Crippen LogP contribution in [-0.2, 0) is 10.0 Å². The number of anilines is 1. The van der Waals surface area contributed by atoms with Gasteiger partial charge in [0.1, 0.15) is 5.82 Å². The van der Waals surface area contributed by atoms with Crippen molar-refractivity contribution < 1.29 is 8.42 Å². The molecule has 1 saturated heterocycles. The number of sulfonamides is 1. The lowest BCUT2D eigenvalue weighted by molar-refractivity contribution is 0.321. The molecule has 1 fully saturated rings. The maximum Gasteiger partial charge on any atom is 0.211 e. The largest absolute Gasteiger partial charge is 0.355 e. The maximum absolute atomic E-state index is 11.6. The molecule has 0 aromatic carbocycles. The van der Waals surface area contributed by atoms with E-state index in [1.54, 1.807) is 13.2 Å². The highest BCUT2D eigenvalue weighted by Gasteiger charge is 2.28. The maximum atomic E-state index is 11.6. The lowest BCUT2D eigenvalue weighted by Gasteiger charge is -2.37. The van der Waals surface area contributed by atoms with E-state index in [0.29, 0.717) is 6.54 Å². The van der Waals surface area contributed by atoms with Crippen LogP contribution in [0.3, 0.4) is 0 Å². The van der Waals surface area contributed by atoms with Crippen molar-refractivity contribution in [3.05, 3.63) is 22.8 Å². The van der Waals surface area contributed by atoms with Crippen molar-refractivity contribution >= 4 is 31.8 Å². The Kier molecular flexibility index (Phi) is 4.47. The average molecular weight is 348 g/mol. The molecule has 1 unspecified atom stereocenters. The Morgan fingerprint density at radius 1 is 1.47 bits per heavy atom. The van der Waals surface area contributed by atoms with Gasteiger partial charge in [0, 0.05) is 36.8 Å². The van der Waals surface area contributed by atoms with Gasteiger partial charge < -0.3 is 4.90 Å². The molecule has 2 rings (SSSR count). The molecule has 2 heterocycles. The Balaban J connectivity index is 2.11. The van der Waals surface area contributed by atoms with E-state index in [4.69, 9.17) is 0 Å². The van der Waals surface area contributed by atoms with Crippen LogP contribution >= 0.6 is 15.9 Å². The zero-order valence-corrected chi connectivity index (χ0v) is 13.5. The van der Waals surface area contributed by atoms with Gasteiger partial charge >= 0.3 is 0 Å². The summed E-state index contributed by atoms with van der Waals surface area (Å²) in [6.07, 6.45) is 4.89. The molecule has 19 heavy (non-hydrogen) atoms. The summed E-state index contributed by atoms with van der Waals surface area (Å²) >= 11 is 3.36. The van der Waals surface area contributed by atoms with Gasteiger partial charge in [0.2, 0.25) is 10.0 Å². The Labute approximate surface area is 122 Å². The molecule has 5 nitrogen and oxygen atoms in total. The molecular formula is C12H18BrN3O2S. The molecule has 0 amide bonds. The van der Waals surface area contributed by atoms with Gasteiger partial charge in [-0.2, -0.15) is 0 Å². The van der Waals surface area contributed by atoms with Crippen LogP contribution in [0.1, 0.15) is 12.8 Å². The highest BCUT2D eigenvalue weighted by Crippen LogP contribution is 2.22. The van der Waals surface area contributed by atoms with Crippen LogP contribution in [0.5, 0.6) is 0 Å². The lowest BCUT2D eigenvalue weighted by atomic mass is 10.1. The monoisotopic (exact) mass is 347 g/mol. The van der Waals surface area contributed by atoms with E-state index in [1.165, 1.54) is 10.6 Å². The second-order valence-electron chi connectivity index (χ2n) is 4.86. The molecule has 1 aliphatic rings. The highest BCUT2D eigenvalue weighted by atomic mass is 79.9. The number of hydrogen-bond acceptors (Lipinski definition) is 4. The molecule has 0 spiro atoms. The fraction of sp³-hybridized carbons (Fsp3) is 0.583. The molecule has 0 N–H and O–H groups in total. The quantitative estimate of drug-likeness (QED) is 0.835. The smallest absolute Gasteiger partial charge is 0.211 e. The molecule has 7 heteroatoms. The molecule has 1 aromatic rings. The van der Waals surface area contributed by atoms with Crippen molar-refractivity contribution in [2.45, 2.75) is 18.9 Å². The number of aromatic nitrogens is 1. The van der Waals surface area contributed by atoms with E-state index in [1.807, 2.05) is 12.1 Å². The summed E-state index contributed by atoms with van der Waals surface area (Å²) in [6.45, 7) is 1.61. The van der Waals surface area contributed by atoms with Crippen molar-refractivity contribution in [1.29, 1.82) is 0 Å². The predicted molar refractivity (Wildman–Crippen MR) is 79.8 cm³/mol. The molecule has 106 valence electrons. The summed E-state index contributed by atoms with van der Waals surface area (Å²) in [6, 6.07) is 3.92. The molecule has 0 saturated carbocycles. The van der Waals surface area contributed by atoms with E-state index in [-0.39, 0.29) is 6.04 Å². The summed E-state index contributed by atoms with van der Waals surface area (Å²) in [4.78, 5) is 6.51. The number of piperidine rings is 1. The summed E-state index contributed by atoms with van der Waals surface area (Å²) in [5.41, 5.74) is 0. The van der Waals surface area contributed by atoms with E-state index in [2.05, 4.69) is 25.8 Å². The third kappa shape index (κ3) is 3.67. The van der Waals surface area contributed by atoms with E-state index < -0.39 is 10.0 Å². The number of nitrogens with zero attached hydrogens (tertiary/aromatic N) is 3.